The normalized spacial score (nSPS) is 25.3. The number of fused-ring (bicyclic) bond motifs is 2. The summed E-state index contributed by atoms with van der Waals surface area (Å²) in [5.74, 6) is 2.12. The maximum absolute atomic E-state index is 13.7. The first-order valence-electron chi connectivity index (χ1n) is 6.29. The Bertz CT molecular complexity index is 523. The van der Waals surface area contributed by atoms with E-state index < -0.39 is 12.2 Å². The number of hydrogen-bond acceptors (Lipinski definition) is 5. The van der Waals surface area contributed by atoms with Crippen molar-refractivity contribution in [3.63, 3.8) is 0 Å². The molecule has 0 aliphatic carbocycles. The van der Waals surface area contributed by atoms with Crippen molar-refractivity contribution in [1.82, 2.24) is 0 Å². The van der Waals surface area contributed by atoms with Crippen LogP contribution in [-0.4, -0.2) is 40.5 Å². The fraction of sp³-hybridized carbons (Fsp3) is 0.538. The summed E-state index contributed by atoms with van der Waals surface area (Å²) in [6.07, 6.45) is -0.852. The smallest absolute Gasteiger partial charge is 0.141 e. The first-order chi connectivity index (χ1) is 9.55. The van der Waals surface area contributed by atoms with E-state index in [1.165, 1.54) is 6.07 Å². The average molecular weight is 381 g/mol. The minimum absolute atomic E-state index is 0.218. The molecule has 0 amide bonds. The topological polar surface area (TPSA) is 49.7 Å². The monoisotopic (exact) mass is 380 g/mol. The van der Waals surface area contributed by atoms with Crippen molar-refractivity contribution < 1.29 is 19.3 Å². The molecule has 2 aliphatic rings. The lowest BCUT2D eigenvalue weighted by Crippen LogP contribution is -2.42. The third-order valence-corrected chi connectivity index (χ3v) is 7.65. The molecule has 20 heavy (non-hydrogen) atoms. The summed E-state index contributed by atoms with van der Waals surface area (Å²) in [4.78, 5) is 0. The Morgan fingerprint density at radius 2 is 2.15 bits per heavy atom. The van der Waals surface area contributed by atoms with E-state index in [2.05, 4.69) is 15.9 Å². The Labute approximate surface area is 133 Å². The molecule has 110 valence electrons. The van der Waals surface area contributed by atoms with Gasteiger partial charge < -0.3 is 14.9 Å². The molecule has 2 aliphatic heterocycles. The zero-order valence-electron chi connectivity index (χ0n) is 10.5. The Balaban J connectivity index is 2.06. The number of ether oxygens (including phenoxy) is 1. The van der Waals surface area contributed by atoms with Gasteiger partial charge in [0.25, 0.3) is 0 Å². The predicted molar refractivity (Wildman–Crippen MR) is 82.8 cm³/mol. The Morgan fingerprint density at radius 1 is 1.45 bits per heavy atom. The van der Waals surface area contributed by atoms with Crippen LogP contribution in [0, 0.1) is 5.82 Å². The highest BCUT2D eigenvalue weighted by Gasteiger charge is 2.47. The van der Waals surface area contributed by atoms with Gasteiger partial charge in [-0.05, 0) is 22.0 Å². The van der Waals surface area contributed by atoms with Crippen molar-refractivity contribution in [1.29, 1.82) is 0 Å². The number of thioether (sulfide) groups is 2. The summed E-state index contributed by atoms with van der Waals surface area (Å²) in [6, 6.07) is 3.13. The van der Waals surface area contributed by atoms with Gasteiger partial charge in [0.1, 0.15) is 23.8 Å². The van der Waals surface area contributed by atoms with Crippen molar-refractivity contribution in [3.05, 3.63) is 28.0 Å². The standard InChI is InChI=1S/C13H14BrFO3S2/c14-8-3-7-11(4-9(8)15)18-12(10(17)6-16)5-13(7)19-1-2-20-13/h3-4,10,12,16-17H,1-2,5-6H2/t10-,12-/m0/s1. The van der Waals surface area contributed by atoms with E-state index in [9.17, 15) is 9.50 Å². The van der Waals surface area contributed by atoms with Gasteiger partial charge in [0, 0.05) is 29.6 Å². The van der Waals surface area contributed by atoms with Gasteiger partial charge in [0.2, 0.25) is 0 Å². The molecule has 1 aromatic rings. The Kier molecular flexibility index (Phi) is 4.25. The van der Waals surface area contributed by atoms with Gasteiger partial charge in [-0.25, -0.2) is 4.39 Å². The lowest BCUT2D eigenvalue weighted by Gasteiger charge is -2.40. The molecule has 0 unspecified atom stereocenters. The summed E-state index contributed by atoms with van der Waals surface area (Å²) < 4.78 is 19.7. The molecule has 7 heteroatoms. The Morgan fingerprint density at radius 3 is 2.80 bits per heavy atom. The molecule has 1 fully saturated rings. The van der Waals surface area contributed by atoms with E-state index in [1.807, 2.05) is 0 Å². The molecule has 2 N–H and O–H groups in total. The number of benzene rings is 1. The minimum Gasteiger partial charge on any atom is -0.487 e. The highest BCUT2D eigenvalue weighted by Crippen LogP contribution is 2.60. The molecular weight excluding hydrogens is 367 g/mol. The molecule has 0 saturated carbocycles. The molecule has 2 heterocycles. The first-order valence-corrected chi connectivity index (χ1v) is 9.05. The highest BCUT2D eigenvalue weighted by atomic mass is 79.9. The number of halogens is 2. The lowest BCUT2D eigenvalue weighted by atomic mass is 9.98. The fourth-order valence-electron chi connectivity index (χ4n) is 2.56. The summed E-state index contributed by atoms with van der Waals surface area (Å²) in [6.45, 7) is -0.357. The minimum atomic E-state index is -0.950. The number of aliphatic hydroxyl groups excluding tert-OH is 2. The molecule has 0 bridgehead atoms. The van der Waals surface area contributed by atoms with Crippen LogP contribution in [0.5, 0.6) is 5.75 Å². The van der Waals surface area contributed by atoms with E-state index in [0.717, 1.165) is 17.1 Å². The molecular formula is C13H14BrFO3S2. The van der Waals surface area contributed by atoms with Crippen molar-refractivity contribution in [2.45, 2.75) is 22.7 Å². The zero-order valence-corrected chi connectivity index (χ0v) is 13.7. The van der Waals surface area contributed by atoms with Gasteiger partial charge in [-0.2, -0.15) is 0 Å². The van der Waals surface area contributed by atoms with E-state index in [-0.39, 0.29) is 16.5 Å². The maximum Gasteiger partial charge on any atom is 0.141 e. The van der Waals surface area contributed by atoms with Gasteiger partial charge in [-0.15, -0.1) is 23.5 Å². The number of rotatable bonds is 2. The summed E-state index contributed by atoms with van der Waals surface area (Å²) in [5, 5.41) is 19.0. The second kappa shape index (κ2) is 5.68. The van der Waals surface area contributed by atoms with Gasteiger partial charge in [-0.3, -0.25) is 0 Å². The molecule has 2 atom stereocenters. The number of hydrogen-bond donors (Lipinski definition) is 2. The second-order valence-electron chi connectivity index (χ2n) is 4.82. The van der Waals surface area contributed by atoms with Crippen LogP contribution in [0.25, 0.3) is 0 Å². The van der Waals surface area contributed by atoms with Crippen LogP contribution in [0.1, 0.15) is 12.0 Å². The van der Waals surface area contributed by atoms with Gasteiger partial charge in [0.05, 0.1) is 15.2 Å². The van der Waals surface area contributed by atoms with E-state index in [4.69, 9.17) is 9.84 Å². The molecule has 1 aromatic carbocycles. The van der Waals surface area contributed by atoms with Crippen LogP contribution in [0.3, 0.4) is 0 Å². The van der Waals surface area contributed by atoms with Crippen molar-refractivity contribution in [3.8, 4) is 5.75 Å². The van der Waals surface area contributed by atoms with Crippen LogP contribution < -0.4 is 4.74 Å². The molecule has 1 spiro atoms. The van der Waals surface area contributed by atoms with Gasteiger partial charge in [0.15, 0.2) is 0 Å². The molecule has 3 nitrogen and oxygen atoms in total. The van der Waals surface area contributed by atoms with Crippen LogP contribution in [0.2, 0.25) is 0 Å². The van der Waals surface area contributed by atoms with Crippen molar-refractivity contribution in [2.24, 2.45) is 0 Å². The summed E-state index contributed by atoms with van der Waals surface area (Å²) in [5.41, 5.74) is 0.958. The van der Waals surface area contributed by atoms with Crippen molar-refractivity contribution >= 4 is 39.5 Å². The highest BCUT2D eigenvalue weighted by molar-refractivity contribution is 9.10. The zero-order chi connectivity index (χ0) is 14.3. The molecule has 3 rings (SSSR count). The first kappa shape index (κ1) is 15.0. The SMILES string of the molecule is OC[C@H](O)[C@@H]1CC2(SCCS2)c2cc(Br)c(F)cc2O1. The molecule has 0 radical (unpaired) electrons. The van der Waals surface area contributed by atoms with Crippen LogP contribution in [0.15, 0.2) is 16.6 Å². The fourth-order valence-corrected chi connectivity index (χ4v) is 6.26. The maximum atomic E-state index is 13.7. The summed E-state index contributed by atoms with van der Waals surface area (Å²) >= 11 is 6.83. The van der Waals surface area contributed by atoms with E-state index in [1.54, 1.807) is 29.6 Å². The largest absolute Gasteiger partial charge is 0.487 e. The quantitative estimate of drug-likeness (QED) is 0.825. The van der Waals surface area contributed by atoms with E-state index >= 15 is 0 Å². The average Bonchev–Trinajstić information content (AvgIpc) is 2.89. The third kappa shape index (κ3) is 2.47. The third-order valence-electron chi connectivity index (χ3n) is 3.55. The van der Waals surface area contributed by atoms with Crippen LogP contribution >= 0.6 is 39.5 Å². The number of aliphatic hydroxyl groups is 2. The molecule has 0 aromatic heterocycles. The lowest BCUT2D eigenvalue weighted by molar-refractivity contribution is -0.0119. The van der Waals surface area contributed by atoms with Gasteiger partial charge in [-0.1, -0.05) is 0 Å². The molecule has 1 saturated heterocycles. The Hall–Kier alpha value is 0.0500. The van der Waals surface area contributed by atoms with E-state index in [0.29, 0.717) is 16.6 Å². The van der Waals surface area contributed by atoms with Gasteiger partial charge >= 0.3 is 0 Å². The van der Waals surface area contributed by atoms with Crippen LogP contribution in [0.4, 0.5) is 4.39 Å². The summed E-state index contributed by atoms with van der Waals surface area (Å²) in [7, 11) is 0. The second-order valence-corrected chi connectivity index (χ2v) is 8.72. The van der Waals surface area contributed by atoms with Crippen molar-refractivity contribution in [2.75, 3.05) is 18.1 Å². The van der Waals surface area contributed by atoms with Crippen LogP contribution in [-0.2, 0) is 4.08 Å². The predicted octanol–water partition coefficient (Wildman–Crippen LogP) is 2.73.